The van der Waals surface area contributed by atoms with Gasteiger partial charge in [-0.15, -0.1) is 0 Å². The fourth-order valence-corrected chi connectivity index (χ4v) is 4.49. The summed E-state index contributed by atoms with van der Waals surface area (Å²) in [4.78, 5) is 31.5. The largest absolute Gasteiger partial charge is 0.361 e. The van der Waals surface area contributed by atoms with Crippen LogP contribution in [0.25, 0.3) is 0 Å². The number of amides is 2. The second kappa shape index (κ2) is 7.05. The van der Waals surface area contributed by atoms with Crippen molar-refractivity contribution >= 4 is 11.8 Å². The molecule has 1 spiro atoms. The van der Waals surface area contributed by atoms with Crippen molar-refractivity contribution in [3.8, 4) is 0 Å². The van der Waals surface area contributed by atoms with E-state index in [-0.39, 0.29) is 17.2 Å². The zero-order valence-electron chi connectivity index (χ0n) is 16.6. The van der Waals surface area contributed by atoms with E-state index >= 15 is 0 Å². The monoisotopic (exact) mass is 382 g/mol. The molecule has 7 nitrogen and oxygen atoms in total. The Morgan fingerprint density at radius 3 is 2.43 bits per heavy atom. The van der Waals surface area contributed by atoms with E-state index in [0.717, 1.165) is 13.1 Å². The van der Waals surface area contributed by atoms with E-state index in [9.17, 15) is 9.59 Å². The van der Waals surface area contributed by atoms with E-state index in [1.807, 2.05) is 40.1 Å². The Labute approximate surface area is 164 Å². The van der Waals surface area contributed by atoms with Gasteiger partial charge in [-0.1, -0.05) is 23.4 Å². The van der Waals surface area contributed by atoms with E-state index in [2.05, 4.69) is 24.2 Å². The summed E-state index contributed by atoms with van der Waals surface area (Å²) in [5, 5.41) is 3.84. The molecule has 28 heavy (non-hydrogen) atoms. The first-order valence-electron chi connectivity index (χ1n) is 9.60. The molecule has 2 aliphatic rings. The molecule has 0 saturated carbocycles. The Bertz CT molecular complexity index is 871. The SMILES string of the molecule is Cc1cc(C(=O)N2CC3(CN(C(=O)c4ccccc4)CC3CN(C)C)C2)no1. The first-order chi connectivity index (χ1) is 13.4. The molecular weight excluding hydrogens is 356 g/mol. The number of carbonyl (C=O) groups is 2. The average molecular weight is 382 g/mol. The third-order valence-electron chi connectivity index (χ3n) is 5.85. The highest BCUT2D eigenvalue weighted by molar-refractivity contribution is 5.95. The number of aromatic nitrogens is 1. The summed E-state index contributed by atoms with van der Waals surface area (Å²) in [7, 11) is 4.10. The fourth-order valence-electron chi connectivity index (χ4n) is 4.49. The molecule has 0 radical (unpaired) electrons. The quantitative estimate of drug-likeness (QED) is 0.806. The third-order valence-corrected chi connectivity index (χ3v) is 5.85. The molecule has 1 unspecified atom stereocenters. The van der Waals surface area contributed by atoms with Crippen LogP contribution in [0.4, 0.5) is 0 Å². The zero-order valence-corrected chi connectivity index (χ0v) is 16.6. The normalized spacial score (nSPS) is 20.6. The lowest BCUT2D eigenvalue weighted by Gasteiger charge is -2.51. The van der Waals surface area contributed by atoms with Crippen molar-refractivity contribution in [1.82, 2.24) is 19.9 Å². The van der Waals surface area contributed by atoms with Crippen LogP contribution in [0.15, 0.2) is 40.9 Å². The van der Waals surface area contributed by atoms with Gasteiger partial charge < -0.3 is 19.2 Å². The van der Waals surface area contributed by atoms with Gasteiger partial charge in [0.25, 0.3) is 11.8 Å². The molecule has 0 bridgehead atoms. The van der Waals surface area contributed by atoms with E-state index < -0.39 is 0 Å². The topological polar surface area (TPSA) is 69.9 Å². The van der Waals surface area contributed by atoms with Crippen LogP contribution in [0.1, 0.15) is 26.6 Å². The molecule has 1 aromatic carbocycles. The molecule has 0 aliphatic carbocycles. The first kappa shape index (κ1) is 18.7. The second-order valence-electron chi connectivity index (χ2n) is 8.36. The zero-order chi connectivity index (χ0) is 19.9. The van der Waals surface area contributed by atoms with E-state index in [0.29, 0.717) is 42.6 Å². The van der Waals surface area contributed by atoms with Gasteiger partial charge >= 0.3 is 0 Å². The molecule has 0 N–H and O–H groups in total. The van der Waals surface area contributed by atoms with Gasteiger partial charge in [0.05, 0.1) is 0 Å². The molecule has 1 aromatic heterocycles. The van der Waals surface area contributed by atoms with E-state index in [1.54, 1.807) is 13.0 Å². The van der Waals surface area contributed by atoms with Crippen molar-refractivity contribution in [2.45, 2.75) is 6.92 Å². The van der Waals surface area contributed by atoms with Crippen molar-refractivity contribution in [3.05, 3.63) is 53.4 Å². The third kappa shape index (κ3) is 3.30. The predicted octanol–water partition coefficient (Wildman–Crippen LogP) is 1.76. The summed E-state index contributed by atoms with van der Waals surface area (Å²) in [6, 6.07) is 11.1. The lowest BCUT2D eigenvalue weighted by atomic mass is 9.71. The number of rotatable bonds is 4. The highest BCUT2D eigenvalue weighted by Gasteiger charge is 2.56. The van der Waals surface area contributed by atoms with Crippen molar-refractivity contribution in [2.75, 3.05) is 46.8 Å². The summed E-state index contributed by atoms with van der Waals surface area (Å²) < 4.78 is 5.04. The Kier molecular flexibility index (Phi) is 4.71. The van der Waals surface area contributed by atoms with Gasteiger partial charge in [0.15, 0.2) is 5.69 Å². The highest BCUT2D eigenvalue weighted by atomic mass is 16.5. The molecule has 2 saturated heterocycles. The number of hydrogen-bond donors (Lipinski definition) is 0. The number of carbonyl (C=O) groups excluding carboxylic acids is 2. The van der Waals surface area contributed by atoms with Crippen LogP contribution in [0.2, 0.25) is 0 Å². The number of aryl methyl sites for hydroxylation is 1. The minimum Gasteiger partial charge on any atom is -0.361 e. The Morgan fingerprint density at radius 2 is 1.82 bits per heavy atom. The number of benzene rings is 1. The van der Waals surface area contributed by atoms with Crippen LogP contribution in [-0.4, -0.2) is 78.5 Å². The van der Waals surface area contributed by atoms with E-state index in [4.69, 9.17) is 4.52 Å². The summed E-state index contributed by atoms with van der Waals surface area (Å²) >= 11 is 0. The number of hydrogen-bond acceptors (Lipinski definition) is 5. The second-order valence-corrected chi connectivity index (χ2v) is 8.36. The molecule has 2 fully saturated rings. The van der Waals surface area contributed by atoms with Crippen molar-refractivity contribution in [2.24, 2.45) is 11.3 Å². The first-order valence-corrected chi connectivity index (χ1v) is 9.60. The maximum Gasteiger partial charge on any atom is 0.276 e. The molecule has 148 valence electrons. The van der Waals surface area contributed by atoms with Gasteiger partial charge in [-0.25, -0.2) is 0 Å². The average Bonchev–Trinajstić information content (AvgIpc) is 3.24. The number of likely N-dealkylation sites (tertiary alicyclic amines) is 2. The van der Waals surface area contributed by atoms with E-state index in [1.165, 1.54) is 0 Å². The minimum atomic E-state index is -0.0982. The predicted molar refractivity (Wildman–Crippen MR) is 104 cm³/mol. The van der Waals surface area contributed by atoms with Crippen molar-refractivity contribution in [1.29, 1.82) is 0 Å². The molecular formula is C21H26N4O3. The van der Waals surface area contributed by atoms with Crippen LogP contribution < -0.4 is 0 Å². The maximum absolute atomic E-state index is 13.0. The molecule has 3 heterocycles. The van der Waals surface area contributed by atoms with Crippen LogP contribution in [0, 0.1) is 18.3 Å². The van der Waals surface area contributed by atoms with Gasteiger partial charge in [0.1, 0.15) is 5.76 Å². The molecule has 4 rings (SSSR count). The smallest absolute Gasteiger partial charge is 0.276 e. The van der Waals surface area contributed by atoms with Gasteiger partial charge in [-0.05, 0) is 39.1 Å². The van der Waals surface area contributed by atoms with Gasteiger partial charge in [0.2, 0.25) is 0 Å². The summed E-state index contributed by atoms with van der Waals surface area (Å²) in [6.45, 7) is 5.36. The standard InChI is InChI=1S/C21H26N4O3/c1-15-9-18(22-28-15)20(27)25-13-21(14-25)12-24(11-17(21)10-23(2)3)19(26)16-7-5-4-6-8-16/h4-9,17H,10-14H2,1-3H3. The molecule has 2 aliphatic heterocycles. The molecule has 1 atom stereocenters. The van der Waals surface area contributed by atoms with Crippen molar-refractivity contribution in [3.63, 3.8) is 0 Å². The Morgan fingerprint density at radius 1 is 1.14 bits per heavy atom. The molecule has 2 aromatic rings. The Balaban J connectivity index is 1.49. The maximum atomic E-state index is 13.0. The lowest BCUT2D eigenvalue weighted by Crippen LogP contribution is -2.63. The Hall–Kier alpha value is -2.67. The summed E-state index contributed by atoms with van der Waals surface area (Å²) in [5.41, 5.74) is 1.02. The van der Waals surface area contributed by atoms with Crippen LogP contribution in [-0.2, 0) is 0 Å². The summed E-state index contributed by atoms with van der Waals surface area (Å²) in [6.07, 6.45) is 0. The van der Waals surface area contributed by atoms with Gasteiger partial charge in [-0.3, -0.25) is 9.59 Å². The minimum absolute atomic E-state index is 0.0524. The van der Waals surface area contributed by atoms with Crippen LogP contribution in [0.3, 0.4) is 0 Å². The summed E-state index contributed by atoms with van der Waals surface area (Å²) in [5.74, 6) is 0.930. The number of nitrogens with zero attached hydrogens (tertiary/aromatic N) is 4. The van der Waals surface area contributed by atoms with Gasteiger partial charge in [0, 0.05) is 49.8 Å². The lowest BCUT2D eigenvalue weighted by molar-refractivity contribution is -0.0153. The fraction of sp³-hybridized carbons (Fsp3) is 0.476. The van der Waals surface area contributed by atoms with Gasteiger partial charge in [-0.2, -0.15) is 0 Å². The highest BCUT2D eigenvalue weighted by Crippen LogP contribution is 2.45. The van der Waals surface area contributed by atoms with Crippen molar-refractivity contribution < 1.29 is 14.1 Å². The van der Waals surface area contributed by atoms with Crippen LogP contribution in [0.5, 0.6) is 0 Å². The molecule has 2 amide bonds. The van der Waals surface area contributed by atoms with Crippen LogP contribution >= 0.6 is 0 Å². The molecule has 7 heteroatoms.